The minimum Gasteiger partial charge on any atom is -0.491 e. The van der Waals surface area contributed by atoms with E-state index in [0.717, 1.165) is 16.6 Å². The van der Waals surface area contributed by atoms with Crippen LogP contribution in [-0.4, -0.2) is 59.8 Å². The second kappa shape index (κ2) is 8.84. The number of nitrogens with one attached hydrogen (secondary N) is 1. The van der Waals surface area contributed by atoms with Crippen LogP contribution in [0.2, 0.25) is 0 Å². The fraction of sp³-hybridized carbons (Fsp3) is 0.500. The van der Waals surface area contributed by atoms with Crippen LogP contribution < -0.4 is 10.1 Å². The maximum atomic E-state index is 12.3. The fourth-order valence-electron chi connectivity index (χ4n) is 2.70. The Morgan fingerprint density at radius 1 is 1.40 bits per heavy atom. The van der Waals surface area contributed by atoms with Crippen molar-refractivity contribution in [2.24, 2.45) is 7.05 Å². The highest BCUT2D eigenvalue weighted by molar-refractivity contribution is 6.06. The number of aliphatic hydroxyl groups excluding tert-OH is 2. The third-order valence-corrected chi connectivity index (χ3v) is 4.05. The standard InChI is InChI=1S/C18H26N2O5/c1-4-24-18(23)17-12(2)20(3)16-6-5-14(9-15(16)17)25-11-13(22)10-19-7-8-21/h5-6,9,13,19,21-22H,4,7-8,10-11H2,1-3H3/t13-/m1/s1. The van der Waals surface area contributed by atoms with Crippen LogP contribution in [-0.2, 0) is 11.8 Å². The molecule has 0 saturated carbocycles. The van der Waals surface area contributed by atoms with E-state index in [1.807, 2.05) is 30.7 Å². The highest BCUT2D eigenvalue weighted by atomic mass is 16.5. The van der Waals surface area contributed by atoms with Crippen LogP contribution in [0.4, 0.5) is 0 Å². The zero-order valence-corrected chi connectivity index (χ0v) is 14.9. The first-order valence-electron chi connectivity index (χ1n) is 8.38. The molecule has 1 atom stereocenters. The summed E-state index contributed by atoms with van der Waals surface area (Å²) >= 11 is 0. The molecule has 0 saturated heterocycles. The van der Waals surface area contributed by atoms with Crippen LogP contribution in [0.25, 0.3) is 10.9 Å². The molecule has 0 radical (unpaired) electrons. The number of carbonyl (C=O) groups excluding carboxylic acids is 1. The van der Waals surface area contributed by atoms with Crippen molar-refractivity contribution >= 4 is 16.9 Å². The quantitative estimate of drug-likeness (QED) is 0.461. The van der Waals surface area contributed by atoms with Crippen LogP contribution in [0.1, 0.15) is 23.0 Å². The minimum absolute atomic E-state index is 0.0221. The number of esters is 1. The number of nitrogens with zero attached hydrogens (tertiary/aromatic N) is 1. The Kier molecular flexibility index (Phi) is 6.81. The predicted molar refractivity (Wildman–Crippen MR) is 95.1 cm³/mol. The van der Waals surface area contributed by atoms with Gasteiger partial charge in [-0.25, -0.2) is 4.79 Å². The van der Waals surface area contributed by atoms with Gasteiger partial charge in [0.1, 0.15) is 18.5 Å². The van der Waals surface area contributed by atoms with Crippen molar-refractivity contribution in [3.63, 3.8) is 0 Å². The zero-order chi connectivity index (χ0) is 18.4. The molecule has 0 bridgehead atoms. The molecule has 0 amide bonds. The second-order valence-electron chi connectivity index (χ2n) is 5.81. The fourth-order valence-corrected chi connectivity index (χ4v) is 2.70. The summed E-state index contributed by atoms with van der Waals surface area (Å²) < 4.78 is 12.7. The van der Waals surface area contributed by atoms with Crippen molar-refractivity contribution in [3.05, 3.63) is 29.5 Å². The van der Waals surface area contributed by atoms with E-state index in [1.54, 1.807) is 13.0 Å². The molecule has 2 rings (SSSR count). The molecule has 25 heavy (non-hydrogen) atoms. The van der Waals surface area contributed by atoms with Gasteiger partial charge in [0.25, 0.3) is 0 Å². The smallest absolute Gasteiger partial charge is 0.340 e. The van der Waals surface area contributed by atoms with Crippen LogP contribution >= 0.6 is 0 Å². The number of rotatable bonds is 9. The first kappa shape index (κ1) is 19.2. The molecule has 1 heterocycles. The van der Waals surface area contributed by atoms with Gasteiger partial charge in [-0.3, -0.25) is 0 Å². The predicted octanol–water partition coefficient (Wildman–Crippen LogP) is 0.985. The zero-order valence-electron chi connectivity index (χ0n) is 14.9. The van der Waals surface area contributed by atoms with E-state index < -0.39 is 6.10 Å². The van der Waals surface area contributed by atoms with E-state index in [1.165, 1.54) is 0 Å². The molecule has 1 aromatic carbocycles. The third kappa shape index (κ3) is 4.50. The minimum atomic E-state index is -0.690. The number of hydrogen-bond acceptors (Lipinski definition) is 6. The van der Waals surface area contributed by atoms with Gasteiger partial charge in [-0.15, -0.1) is 0 Å². The highest BCUT2D eigenvalue weighted by Crippen LogP contribution is 2.29. The van der Waals surface area contributed by atoms with Gasteiger partial charge >= 0.3 is 5.97 Å². The second-order valence-corrected chi connectivity index (χ2v) is 5.81. The number of carbonyl (C=O) groups is 1. The first-order valence-corrected chi connectivity index (χ1v) is 8.38. The number of aromatic nitrogens is 1. The molecule has 1 aromatic heterocycles. The van der Waals surface area contributed by atoms with Gasteiger partial charge in [-0.1, -0.05) is 0 Å². The normalized spacial score (nSPS) is 12.4. The molecule has 0 aliphatic rings. The van der Waals surface area contributed by atoms with Crippen molar-refractivity contribution in [1.29, 1.82) is 0 Å². The van der Waals surface area contributed by atoms with Gasteiger partial charge in [0, 0.05) is 36.7 Å². The highest BCUT2D eigenvalue weighted by Gasteiger charge is 2.20. The maximum absolute atomic E-state index is 12.3. The molecule has 0 unspecified atom stereocenters. The monoisotopic (exact) mass is 350 g/mol. The molecule has 0 aliphatic heterocycles. The molecular weight excluding hydrogens is 324 g/mol. The molecule has 7 nitrogen and oxygen atoms in total. The maximum Gasteiger partial charge on any atom is 0.340 e. The summed E-state index contributed by atoms with van der Waals surface area (Å²) in [6, 6.07) is 5.49. The van der Waals surface area contributed by atoms with Crippen molar-refractivity contribution in [1.82, 2.24) is 9.88 Å². The summed E-state index contributed by atoms with van der Waals surface area (Å²) in [6.07, 6.45) is -0.690. The van der Waals surface area contributed by atoms with E-state index in [0.29, 0.717) is 31.0 Å². The van der Waals surface area contributed by atoms with Crippen molar-refractivity contribution in [2.75, 3.05) is 32.9 Å². The van der Waals surface area contributed by atoms with Gasteiger partial charge in [0.15, 0.2) is 0 Å². The van der Waals surface area contributed by atoms with Gasteiger partial charge in [0.05, 0.1) is 18.8 Å². The number of fused-ring (bicyclic) bond motifs is 1. The topological polar surface area (TPSA) is 93.0 Å². The number of hydrogen-bond donors (Lipinski definition) is 3. The molecule has 0 aliphatic carbocycles. The lowest BCUT2D eigenvalue weighted by Crippen LogP contribution is -2.32. The largest absolute Gasteiger partial charge is 0.491 e. The number of aliphatic hydroxyl groups is 2. The summed E-state index contributed by atoms with van der Waals surface area (Å²) in [7, 11) is 1.90. The summed E-state index contributed by atoms with van der Waals surface area (Å²) in [5.41, 5.74) is 2.28. The molecule has 0 spiro atoms. The van der Waals surface area contributed by atoms with Gasteiger partial charge < -0.3 is 29.6 Å². The number of aryl methyl sites for hydroxylation is 1. The SMILES string of the molecule is CCOC(=O)c1c(C)n(C)c2ccc(OC[C@H](O)CNCCO)cc12. The van der Waals surface area contributed by atoms with Crippen LogP contribution in [0, 0.1) is 6.92 Å². The summed E-state index contributed by atoms with van der Waals surface area (Å²) in [6.45, 7) is 4.87. The Morgan fingerprint density at radius 2 is 2.16 bits per heavy atom. The number of benzene rings is 1. The summed E-state index contributed by atoms with van der Waals surface area (Å²) in [5, 5.41) is 22.2. The summed E-state index contributed by atoms with van der Waals surface area (Å²) in [5.74, 6) is 0.223. The van der Waals surface area contributed by atoms with Gasteiger partial charge in [-0.2, -0.15) is 0 Å². The molecule has 7 heteroatoms. The molecular formula is C18H26N2O5. The molecule has 3 N–H and O–H groups in total. The first-order chi connectivity index (χ1) is 12.0. The Hall–Kier alpha value is -2.09. The van der Waals surface area contributed by atoms with E-state index in [4.69, 9.17) is 14.6 Å². The Bertz CT molecular complexity index is 726. The molecule has 138 valence electrons. The van der Waals surface area contributed by atoms with Crippen LogP contribution in [0.5, 0.6) is 5.75 Å². The van der Waals surface area contributed by atoms with Gasteiger partial charge in [-0.05, 0) is 32.0 Å². The van der Waals surface area contributed by atoms with E-state index in [9.17, 15) is 9.90 Å². The molecule has 0 fully saturated rings. The van der Waals surface area contributed by atoms with Crippen LogP contribution in [0.3, 0.4) is 0 Å². The third-order valence-electron chi connectivity index (χ3n) is 4.05. The Balaban J connectivity index is 2.18. The van der Waals surface area contributed by atoms with E-state index in [-0.39, 0.29) is 19.2 Å². The van der Waals surface area contributed by atoms with Gasteiger partial charge in [0.2, 0.25) is 0 Å². The lowest BCUT2D eigenvalue weighted by Gasteiger charge is -2.13. The average Bonchev–Trinajstić information content (AvgIpc) is 2.84. The van der Waals surface area contributed by atoms with Crippen molar-refractivity contribution in [3.8, 4) is 5.75 Å². The van der Waals surface area contributed by atoms with Crippen molar-refractivity contribution < 1.29 is 24.5 Å². The number of ether oxygens (including phenoxy) is 2. The van der Waals surface area contributed by atoms with E-state index in [2.05, 4.69) is 5.32 Å². The lowest BCUT2D eigenvalue weighted by molar-refractivity contribution is 0.0527. The van der Waals surface area contributed by atoms with E-state index >= 15 is 0 Å². The Morgan fingerprint density at radius 3 is 2.84 bits per heavy atom. The molecule has 2 aromatic rings. The Labute approximate surface area is 147 Å². The lowest BCUT2D eigenvalue weighted by atomic mass is 10.1. The van der Waals surface area contributed by atoms with Crippen LogP contribution in [0.15, 0.2) is 18.2 Å². The van der Waals surface area contributed by atoms with Crippen molar-refractivity contribution in [2.45, 2.75) is 20.0 Å². The average molecular weight is 350 g/mol. The summed E-state index contributed by atoms with van der Waals surface area (Å²) in [4.78, 5) is 12.3.